The topological polar surface area (TPSA) is 55.1 Å². The second kappa shape index (κ2) is 5.75. The summed E-state index contributed by atoms with van der Waals surface area (Å²) in [4.78, 5) is 15.8. The van der Waals surface area contributed by atoms with Gasteiger partial charge in [0.15, 0.2) is 0 Å². The van der Waals surface area contributed by atoms with E-state index in [2.05, 4.69) is 4.98 Å². The zero-order valence-electron chi connectivity index (χ0n) is 9.37. The number of aliphatic hydroxyl groups is 1. The van der Waals surface area contributed by atoms with Gasteiger partial charge in [-0.3, -0.25) is 4.79 Å². The van der Waals surface area contributed by atoms with Crippen molar-refractivity contribution in [3.05, 3.63) is 50.8 Å². The Morgan fingerprint density at radius 3 is 3.00 bits per heavy atom. The lowest BCUT2D eigenvalue weighted by atomic mass is 10.3. The van der Waals surface area contributed by atoms with Gasteiger partial charge >= 0.3 is 0 Å². The smallest absolute Gasteiger partial charge is 0.250 e. The van der Waals surface area contributed by atoms with Crippen LogP contribution in [0.4, 0.5) is 0 Å². The molecule has 17 heavy (non-hydrogen) atoms. The van der Waals surface area contributed by atoms with Crippen LogP contribution in [0.5, 0.6) is 0 Å². The first-order valence-electron chi connectivity index (χ1n) is 5.49. The average Bonchev–Trinajstić information content (AvgIpc) is 2.76. The fourth-order valence-corrected chi connectivity index (χ4v) is 2.38. The summed E-state index contributed by atoms with van der Waals surface area (Å²) in [6.07, 6.45) is 3.13. The minimum Gasteiger partial charge on any atom is -0.396 e. The molecular weight excluding hydrogens is 236 g/mol. The SMILES string of the molecule is O=c1ccccn1CCc1nc(CCO)cs1. The number of hydrogen-bond donors (Lipinski definition) is 1. The van der Waals surface area contributed by atoms with Crippen molar-refractivity contribution in [3.63, 3.8) is 0 Å². The Morgan fingerprint density at radius 2 is 2.24 bits per heavy atom. The number of nitrogens with zero attached hydrogens (tertiary/aromatic N) is 2. The molecule has 0 atom stereocenters. The lowest BCUT2D eigenvalue weighted by Gasteiger charge is -2.02. The van der Waals surface area contributed by atoms with E-state index in [9.17, 15) is 4.79 Å². The monoisotopic (exact) mass is 250 g/mol. The van der Waals surface area contributed by atoms with Crippen LogP contribution in [-0.4, -0.2) is 21.3 Å². The van der Waals surface area contributed by atoms with Gasteiger partial charge < -0.3 is 9.67 Å². The third-order valence-corrected chi connectivity index (χ3v) is 3.39. The Morgan fingerprint density at radius 1 is 1.35 bits per heavy atom. The van der Waals surface area contributed by atoms with Crippen molar-refractivity contribution in [1.82, 2.24) is 9.55 Å². The van der Waals surface area contributed by atoms with Gasteiger partial charge in [-0.25, -0.2) is 4.98 Å². The molecule has 0 unspecified atom stereocenters. The Kier molecular flexibility index (Phi) is 4.06. The lowest BCUT2D eigenvalue weighted by Crippen LogP contribution is -2.18. The number of pyridine rings is 1. The van der Waals surface area contributed by atoms with E-state index in [1.165, 1.54) is 0 Å². The van der Waals surface area contributed by atoms with Gasteiger partial charge in [0.05, 0.1) is 10.7 Å². The second-order valence-electron chi connectivity index (χ2n) is 3.69. The number of aryl methyl sites for hydroxylation is 2. The molecule has 1 N–H and O–H groups in total. The molecule has 0 aliphatic heterocycles. The van der Waals surface area contributed by atoms with Crippen molar-refractivity contribution in [2.45, 2.75) is 19.4 Å². The maximum Gasteiger partial charge on any atom is 0.250 e. The molecule has 0 aromatic carbocycles. The van der Waals surface area contributed by atoms with E-state index < -0.39 is 0 Å². The average molecular weight is 250 g/mol. The highest BCUT2D eigenvalue weighted by molar-refractivity contribution is 7.09. The van der Waals surface area contributed by atoms with Crippen molar-refractivity contribution >= 4 is 11.3 Å². The Labute approximate surface area is 103 Å². The van der Waals surface area contributed by atoms with E-state index in [0.29, 0.717) is 13.0 Å². The summed E-state index contributed by atoms with van der Waals surface area (Å²) >= 11 is 1.58. The van der Waals surface area contributed by atoms with Gasteiger partial charge in [0.2, 0.25) is 0 Å². The van der Waals surface area contributed by atoms with Crippen molar-refractivity contribution in [2.24, 2.45) is 0 Å². The molecule has 0 saturated heterocycles. The molecule has 0 bridgehead atoms. The van der Waals surface area contributed by atoms with Crippen LogP contribution >= 0.6 is 11.3 Å². The van der Waals surface area contributed by atoms with E-state index >= 15 is 0 Å². The molecule has 0 saturated carbocycles. The van der Waals surface area contributed by atoms with Gasteiger partial charge in [-0.15, -0.1) is 11.3 Å². The molecule has 0 spiro atoms. The molecule has 90 valence electrons. The predicted molar refractivity (Wildman–Crippen MR) is 67.3 cm³/mol. The summed E-state index contributed by atoms with van der Waals surface area (Å²) in [5.41, 5.74) is 0.938. The van der Waals surface area contributed by atoms with E-state index in [1.54, 1.807) is 34.2 Å². The van der Waals surface area contributed by atoms with E-state index in [1.807, 2.05) is 11.4 Å². The minimum absolute atomic E-state index is 0.0136. The molecule has 4 nitrogen and oxygen atoms in total. The van der Waals surface area contributed by atoms with Gasteiger partial charge in [0.1, 0.15) is 0 Å². The number of rotatable bonds is 5. The number of hydrogen-bond acceptors (Lipinski definition) is 4. The molecule has 5 heteroatoms. The summed E-state index contributed by atoms with van der Waals surface area (Å²) in [6.45, 7) is 0.771. The van der Waals surface area contributed by atoms with Crippen LogP contribution in [0.2, 0.25) is 0 Å². The van der Waals surface area contributed by atoms with E-state index in [0.717, 1.165) is 17.1 Å². The molecule has 2 aromatic heterocycles. The fraction of sp³-hybridized carbons (Fsp3) is 0.333. The van der Waals surface area contributed by atoms with Gasteiger partial charge in [-0.05, 0) is 6.07 Å². The Bertz CT molecular complexity index is 533. The van der Waals surface area contributed by atoms with Gasteiger partial charge in [-0.2, -0.15) is 0 Å². The zero-order valence-corrected chi connectivity index (χ0v) is 10.2. The summed E-state index contributed by atoms with van der Waals surface area (Å²) < 4.78 is 1.67. The molecule has 0 fully saturated rings. The van der Waals surface area contributed by atoms with Crippen LogP contribution < -0.4 is 5.56 Å². The number of aromatic nitrogens is 2. The quantitative estimate of drug-likeness (QED) is 0.864. The van der Waals surface area contributed by atoms with Crippen LogP contribution in [0.15, 0.2) is 34.6 Å². The third kappa shape index (κ3) is 3.25. The van der Waals surface area contributed by atoms with Gasteiger partial charge in [-0.1, -0.05) is 6.07 Å². The molecule has 2 rings (SSSR count). The summed E-state index contributed by atoms with van der Waals surface area (Å²) in [7, 11) is 0. The third-order valence-electron chi connectivity index (χ3n) is 2.43. The first-order valence-corrected chi connectivity index (χ1v) is 6.37. The van der Waals surface area contributed by atoms with Crippen LogP contribution in [0, 0.1) is 0 Å². The van der Waals surface area contributed by atoms with Gasteiger partial charge in [0, 0.05) is 43.6 Å². The largest absolute Gasteiger partial charge is 0.396 e. The normalized spacial score (nSPS) is 10.6. The fourth-order valence-electron chi connectivity index (χ4n) is 1.55. The lowest BCUT2D eigenvalue weighted by molar-refractivity contribution is 0.298. The highest BCUT2D eigenvalue weighted by Crippen LogP contribution is 2.11. The molecule has 0 amide bonds. The Hall–Kier alpha value is -1.46. The summed E-state index contributed by atoms with van der Waals surface area (Å²) in [5.74, 6) is 0. The maximum atomic E-state index is 11.5. The van der Waals surface area contributed by atoms with Crippen LogP contribution in [0.3, 0.4) is 0 Å². The molecule has 0 aliphatic carbocycles. The van der Waals surface area contributed by atoms with Crippen LogP contribution in [0.25, 0.3) is 0 Å². The number of aliphatic hydroxyl groups excluding tert-OH is 1. The minimum atomic E-state index is 0.0136. The summed E-state index contributed by atoms with van der Waals surface area (Å²) in [5, 5.41) is 11.8. The van der Waals surface area contributed by atoms with Crippen molar-refractivity contribution in [2.75, 3.05) is 6.61 Å². The van der Waals surface area contributed by atoms with Crippen LogP contribution in [-0.2, 0) is 19.4 Å². The van der Waals surface area contributed by atoms with Crippen molar-refractivity contribution in [3.8, 4) is 0 Å². The standard InChI is InChI=1S/C12H14N2O2S/c15-8-5-10-9-17-11(13-10)4-7-14-6-2-1-3-12(14)16/h1-3,6,9,15H,4-5,7-8H2. The van der Waals surface area contributed by atoms with Crippen molar-refractivity contribution in [1.29, 1.82) is 0 Å². The molecule has 2 aromatic rings. The molecule has 2 heterocycles. The number of thiazole rings is 1. The molecular formula is C12H14N2O2S. The summed E-state index contributed by atoms with van der Waals surface area (Å²) in [6, 6.07) is 5.14. The van der Waals surface area contributed by atoms with Crippen molar-refractivity contribution < 1.29 is 5.11 Å². The zero-order chi connectivity index (χ0) is 12.1. The molecule has 0 radical (unpaired) electrons. The maximum absolute atomic E-state index is 11.5. The highest BCUT2D eigenvalue weighted by atomic mass is 32.1. The molecule has 0 aliphatic rings. The predicted octanol–water partition coefficient (Wildman–Crippen LogP) is 1.08. The first kappa shape index (κ1) is 12.0. The van der Waals surface area contributed by atoms with E-state index in [4.69, 9.17) is 5.11 Å². The highest BCUT2D eigenvalue weighted by Gasteiger charge is 2.02. The Balaban J connectivity index is 1.98. The second-order valence-corrected chi connectivity index (χ2v) is 4.63. The first-order chi connectivity index (χ1) is 8.29. The van der Waals surface area contributed by atoms with E-state index in [-0.39, 0.29) is 12.2 Å². The van der Waals surface area contributed by atoms with Crippen LogP contribution in [0.1, 0.15) is 10.7 Å². The van der Waals surface area contributed by atoms with Gasteiger partial charge in [0.25, 0.3) is 5.56 Å².